The van der Waals surface area contributed by atoms with Crippen molar-refractivity contribution in [2.75, 3.05) is 0 Å². The molecule has 0 amide bonds. The fourth-order valence-corrected chi connectivity index (χ4v) is 3.27. The molecule has 0 aliphatic carbocycles. The highest BCUT2D eigenvalue weighted by atomic mass is 32.2. The van der Waals surface area contributed by atoms with Crippen LogP contribution >= 0.6 is 0 Å². The van der Waals surface area contributed by atoms with Crippen LogP contribution in [0.3, 0.4) is 0 Å². The first-order valence-electron chi connectivity index (χ1n) is 6.57. The standard InChI is InChI=1S/C14H12N2O7S/c1-9-6-7-13(12(8-9)16(19)20)23-24(21,22)14-5-3-4-11(10(14)2)15(17)18/h3-8H,1-2H3. The van der Waals surface area contributed by atoms with Crippen LogP contribution in [0.2, 0.25) is 0 Å². The molecule has 2 rings (SSSR count). The predicted molar refractivity (Wildman–Crippen MR) is 83.5 cm³/mol. The van der Waals surface area contributed by atoms with Gasteiger partial charge in [-0.1, -0.05) is 12.1 Å². The Morgan fingerprint density at radius 3 is 2.17 bits per heavy atom. The van der Waals surface area contributed by atoms with E-state index in [4.69, 9.17) is 4.18 Å². The maximum Gasteiger partial charge on any atom is 0.339 e. The van der Waals surface area contributed by atoms with E-state index in [2.05, 4.69) is 0 Å². The van der Waals surface area contributed by atoms with E-state index in [1.165, 1.54) is 25.1 Å². The van der Waals surface area contributed by atoms with Crippen LogP contribution in [0.15, 0.2) is 41.3 Å². The lowest BCUT2D eigenvalue weighted by atomic mass is 10.2. The number of aryl methyl sites for hydroxylation is 1. The summed E-state index contributed by atoms with van der Waals surface area (Å²) in [6, 6.07) is 7.28. The monoisotopic (exact) mass is 352 g/mol. The molecule has 0 N–H and O–H groups in total. The second-order valence-electron chi connectivity index (χ2n) is 4.92. The average molecular weight is 352 g/mol. The van der Waals surface area contributed by atoms with Crippen LogP contribution in [0.1, 0.15) is 11.1 Å². The Morgan fingerprint density at radius 2 is 1.58 bits per heavy atom. The van der Waals surface area contributed by atoms with Crippen molar-refractivity contribution in [3.63, 3.8) is 0 Å². The fourth-order valence-electron chi connectivity index (χ4n) is 2.08. The summed E-state index contributed by atoms with van der Waals surface area (Å²) >= 11 is 0. The summed E-state index contributed by atoms with van der Waals surface area (Å²) in [6.07, 6.45) is 0. The molecule has 0 heterocycles. The third-order valence-electron chi connectivity index (χ3n) is 3.23. The molecule has 9 nitrogen and oxygen atoms in total. The van der Waals surface area contributed by atoms with E-state index in [0.717, 1.165) is 18.2 Å². The smallest absolute Gasteiger partial charge is 0.339 e. The molecule has 10 heteroatoms. The lowest BCUT2D eigenvalue weighted by Gasteiger charge is -2.10. The second-order valence-corrected chi connectivity index (χ2v) is 6.44. The van der Waals surface area contributed by atoms with Gasteiger partial charge in [0.05, 0.1) is 9.85 Å². The maximum atomic E-state index is 12.4. The summed E-state index contributed by atoms with van der Waals surface area (Å²) in [7, 11) is -4.48. The first kappa shape index (κ1) is 17.3. The third-order valence-corrected chi connectivity index (χ3v) is 4.61. The fraction of sp³-hybridized carbons (Fsp3) is 0.143. The predicted octanol–water partition coefficient (Wildman–Crippen LogP) is 2.89. The highest BCUT2D eigenvalue weighted by molar-refractivity contribution is 7.87. The van der Waals surface area contributed by atoms with Crippen molar-refractivity contribution in [3.8, 4) is 5.75 Å². The molecular formula is C14H12N2O7S. The van der Waals surface area contributed by atoms with Crippen LogP contribution in [-0.4, -0.2) is 18.3 Å². The molecule has 126 valence electrons. The van der Waals surface area contributed by atoms with E-state index < -0.39 is 42.0 Å². The lowest BCUT2D eigenvalue weighted by Crippen LogP contribution is -2.13. The molecule has 0 aromatic heterocycles. The third kappa shape index (κ3) is 3.33. The van der Waals surface area contributed by atoms with Gasteiger partial charge in [0.2, 0.25) is 5.75 Å². The topological polar surface area (TPSA) is 130 Å². The summed E-state index contributed by atoms with van der Waals surface area (Å²) in [4.78, 5) is 20.1. The van der Waals surface area contributed by atoms with Gasteiger partial charge >= 0.3 is 15.8 Å². The Hall–Kier alpha value is -3.01. The SMILES string of the molecule is Cc1ccc(OS(=O)(=O)c2cccc([N+](=O)[O-])c2C)c([N+](=O)[O-])c1. The molecule has 0 spiro atoms. The molecule has 0 atom stereocenters. The van der Waals surface area contributed by atoms with Crippen LogP contribution in [0.25, 0.3) is 0 Å². The van der Waals surface area contributed by atoms with Crippen molar-refractivity contribution in [1.29, 1.82) is 0 Å². The van der Waals surface area contributed by atoms with E-state index in [9.17, 15) is 28.6 Å². The van der Waals surface area contributed by atoms with E-state index in [1.54, 1.807) is 6.92 Å². The van der Waals surface area contributed by atoms with Gasteiger partial charge in [-0.25, -0.2) is 0 Å². The van der Waals surface area contributed by atoms with Gasteiger partial charge in [-0.3, -0.25) is 20.2 Å². The zero-order chi connectivity index (χ0) is 18.1. The van der Waals surface area contributed by atoms with Crippen LogP contribution in [0.5, 0.6) is 5.75 Å². The Morgan fingerprint density at radius 1 is 0.958 bits per heavy atom. The van der Waals surface area contributed by atoms with Crippen molar-refractivity contribution >= 4 is 21.5 Å². The maximum absolute atomic E-state index is 12.4. The minimum atomic E-state index is -4.48. The van der Waals surface area contributed by atoms with Gasteiger partial charge < -0.3 is 4.18 Å². The summed E-state index contributed by atoms with van der Waals surface area (Å²) in [6.45, 7) is 2.87. The Balaban J connectivity index is 2.53. The summed E-state index contributed by atoms with van der Waals surface area (Å²) in [5.74, 6) is -0.462. The minimum Gasteiger partial charge on any atom is -0.372 e. The van der Waals surface area contributed by atoms with Gasteiger partial charge in [-0.15, -0.1) is 0 Å². The Kier molecular flexibility index (Phi) is 4.51. The molecule has 0 radical (unpaired) electrons. The van der Waals surface area contributed by atoms with Crippen LogP contribution in [-0.2, 0) is 10.1 Å². The Bertz CT molecular complexity index is 938. The summed E-state index contributed by atoms with van der Waals surface area (Å²) in [5.41, 5.74) is -0.463. The van der Waals surface area contributed by atoms with E-state index in [-0.39, 0.29) is 5.56 Å². The number of hydrogen-bond acceptors (Lipinski definition) is 7. The Labute approximate surface area is 136 Å². The molecule has 2 aromatic rings. The molecule has 0 fully saturated rings. The molecule has 2 aromatic carbocycles. The molecule has 0 saturated carbocycles. The van der Waals surface area contributed by atoms with Crippen molar-refractivity contribution in [1.82, 2.24) is 0 Å². The van der Waals surface area contributed by atoms with Gasteiger partial charge in [0, 0.05) is 17.7 Å². The number of nitrogens with zero attached hydrogens (tertiary/aromatic N) is 2. The van der Waals surface area contributed by atoms with Gasteiger partial charge in [0.15, 0.2) is 0 Å². The molecule has 0 bridgehead atoms. The van der Waals surface area contributed by atoms with Crippen molar-refractivity contribution in [2.24, 2.45) is 0 Å². The molecule has 0 aliphatic heterocycles. The lowest BCUT2D eigenvalue weighted by molar-refractivity contribution is -0.385. The van der Waals surface area contributed by atoms with Crippen molar-refractivity contribution < 1.29 is 22.4 Å². The zero-order valence-electron chi connectivity index (χ0n) is 12.6. The summed E-state index contributed by atoms with van der Waals surface area (Å²) in [5, 5.41) is 22.0. The number of nitro groups is 2. The van der Waals surface area contributed by atoms with E-state index >= 15 is 0 Å². The molecular weight excluding hydrogens is 340 g/mol. The van der Waals surface area contributed by atoms with Gasteiger partial charge in [-0.05, 0) is 31.5 Å². The number of hydrogen-bond donors (Lipinski definition) is 0. The van der Waals surface area contributed by atoms with Crippen LogP contribution in [0.4, 0.5) is 11.4 Å². The van der Waals surface area contributed by atoms with Gasteiger partial charge in [0.1, 0.15) is 4.90 Å². The highest BCUT2D eigenvalue weighted by Gasteiger charge is 2.27. The average Bonchev–Trinajstić information content (AvgIpc) is 2.48. The number of rotatable bonds is 5. The molecule has 0 unspecified atom stereocenters. The van der Waals surface area contributed by atoms with Crippen LogP contribution in [0, 0.1) is 34.1 Å². The normalized spacial score (nSPS) is 11.1. The van der Waals surface area contributed by atoms with Gasteiger partial charge in [0.25, 0.3) is 5.69 Å². The largest absolute Gasteiger partial charge is 0.372 e. The molecule has 0 saturated heterocycles. The number of benzene rings is 2. The number of nitro benzene ring substituents is 2. The second kappa shape index (κ2) is 6.24. The van der Waals surface area contributed by atoms with Crippen molar-refractivity contribution in [2.45, 2.75) is 18.7 Å². The quantitative estimate of drug-likeness (QED) is 0.459. The zero-order valence-corrected chi connectivity index (χ0v) is 13.4. The highest BCUT2D eigenvalue weighted by Crippen LogP contribution is 2.32. The van der Waals surface area contributed by atoms with Gasteiger partial charge in [-0.2, -0.15) is 8.42 Å². The van der Waals surface area contributed by atoms with Crippen molar-refractivity contribution in [3.05, 3.63) is 67.8 Å². The molecule has 0 aliphatic rings. The summed E-state index contributed by atoms with van der Waals surface area (Å²) < 4.78 is 29.6. The first-order chi connectivity index (χ1) is 11.1. The molecule has 24 heavy (non-hydrogen) atoms. The first-order valence-corrected chi connectivity index (χ1v) is 7.98. The van der Waals surface area contributed by atoms with E-state index in [1.807, 2.05) is 0 Å². The minimum absolute atomic E-state index is 0.114. The van der Waals surface area contributed by atoms with Crippen LogP contribution < -0.4 is 4.18 Å². The van der Waals surface area contributed by atoms with E-state index in [0.29, 0.717) is 5.56 Å².